The molecule has 13 heteroatoms. The highest BCUT2D eigenvalue weighted by atomic mass is 35.5. The van der Waals surface area contributed by atoms with E-state index in [1.54, 1.807) is 7.11 Å². The lowest BCUT2D eigenvalue weighted by Crippen LogP contribution is -2.34. The summed E-state index contributed by atoms with van der Waals surface area (Å²) in [6, 6.07) is 18.4. The number of likely N-dealkylation sites (N-methyl/N-ethyl adjacent to an activating group) is 1. The molecule has 0 heterocycles. The van der Waals surface area contributed by atoms with Crippen LogP contribution in [0.2, 0.25) is 15.1 Å². The number of para-hydroxylation sites is 1. The summed E-state index contributed by atoms with van der Waals surface area (Å²) in [4.78, 5) is 12.2. The molecule has 8 nitrogen and oxygen atoms in total. The lowest BCUT2D eigenvalue weighted by molar-refractivity contribution is -0.0686. The first-order valence-corrected chi connectivity index (χ1v) is 15.8. The van der Waals surface area contributed by atoms with Gasteiger partial charge in [-0.25, -0.2) is 9.09 Å². The van der Waals surface area contributed by atoms with Gasteiger partial charge in [0.25, 0.3) is 0 Å². The minimum atomic E-state index is -4.67. The van der Waals surface area contributed by atoms with Crippen LogP contribution in [0, 0.1) is 0 Å². The van der Waals surface area contributed by atoms with Gasteiger partial charge in [-0.05, 0) is 68.4 Å². The van der Waals surface area contributed by atoms with Crippen LogP contribution in [0.5, 0.6) is 11.5 Å². The van der Waals surface area contributed by atoms with Crippen molar-refractivity contribution in [1.82, 2.24) is 4.90 Å². The van der Waals surface area contributed by atoms with E-state index in [0.29, 0.717) is 6.54 Å². The largest absolute Gasteiger partial charge is 0.529 e. The van der Waals surface area contributed by atoms with E-state index in [-0.39, 0.29) is 33.0 Å². The molecular formula is C29H32Cl4NO7P. The molecule has 1 N–H and O–H groups in total. The van der Waals surface area contributed by atoms with E-state index in [4.69, 9.17) is 69.7 Å². The molecule has 0 bridgehead atoms. The molecule has 42 heavy (non-hydrogen) atoms. The molecule has 0 fully saturated rings. The number of ether oxygens (including phenoxy) is 3. The molecule has 0 amide bonds. The number of hydrogen-bond donors (Lipinski definition) is 1. The lowest BCUT2D eigenvalue weighted by Gasteiger charge is -2.23. The van der Waals surface area contributed by atoms with Crippen LogP contribution in [-0.4, -0.2) is 57.0 Å². The zero-order chi connectivity index (χ0) is 30.7. The molecule has 0 aliphatic heterocycles. The summed E-state index contributed by atoms with van der Waals surface area (Å²) < 4.78 is 40.1. The molecule has 0 radical (unpaired) electrons. The summed E-state index contributed by atoms with van der Waals surface area (Å²) in [5, 5.41) is 0.463. The van der Waals surface area contributed by atoms with Gasteiger partial charge in [0.1, 0.15) is 24.2 Å². The molecule has 0 saturated heterocycles. The zero-order valence-corrected chi connectivity index (χ0v) is 27.2. The predicted molar refractivity (Wildman–Crippen MR) is 168 cm³/mol. The van der Waals surface area contributed by atoms with Gasteiger partial charge in [0, 0.05) is 17.6 Å². The Balaban J connectivity index is 1.58. The van der Waals surface area contributed by atoms with Crippen molar-refractivity contribution in [1.29, 1.82) is 0 Å². The van der Waals surface area contributed by atoms with Gasteiger partial charge in [0.15, 0.2) is 12.6 Å². The second-order valence-electron chi connectivity index (χ2n) is 9.35. The topological polar surface area (TPSA) is 86.7 Å². The molecule has 3 aromatic carbocycles. The van der Waals surface area contributed by atoms with Crippen LogP contribution in [0.3, 0.4) is 0 Å². The van der Waals surface area contributed by atoms with Gasteiger partial charge in [0.05, 0.1) is 22.2 Å². The molecule has 0 aliphatic carbocycles. The highest BCUT2D eigenvalue weighted by molar-refractivity contribution is 7.47. The Morgan fingerprint density at radius 3 is 2.45 bits per heavy atom. The second-order valence-corrected chi connectivity index (χ2v) is 12.2. The third kappa shape index (κ3) is 10.9. The van der Waals surface area contributed by atoms with Crippen molar-refractivity contribution < 1.29 is 32.7 Å². The van der Waals surface area contributed by atoms with Gasteiger partial charge in [-0.1, -0.05) is 76.7 Å². The van der Waals surface area contributed by atoms with Crippen molar-refractivity contribution in [2.24, 2.45) is 0 Å². The van der Waals surface area contributed by atoms with E-state index in [1.807, 2.05) is 61.5 Å². The Bertz CT molecular complexity index is 1410. The lowest BCUT2D eigenvalue weighted by atomic mass is 10.0. The summed E-state index contributed by atoms with van der Waals surface area (Å²) >= 11 is 24.0. The van der Waals surface area contributed by atoms with E-state index in [2.05, 4.69) is 6.07 Å². The quantitative estimate of drug-likeness (QED) is 0.0704. The fraction of sp³-hybridized carbons (Fsp3) is 0.310. The molecule has 3 rings (SSSR count). The predicted octanol–water partition coefficient (Wildman–Crippen LogP) is 8.09. The third-order valence-electron chi connectivity index (χ3n) is 5.89. The average molecular weight is 679 g/mol. The van der Waals surface area contributed by atoms with Crippen molar-refractivity contribution in [3.8, 4) is 11.5 Å². The van der Waals surface area contributed by atoms with Crippen molar-refractivity contribution in [3.05, 3.63) is 98.0 Å². The summed E-state index contributed by atoms with van der Waals surface area (Å²) in [5.41, 5.74) is 3.28. The smallest absolute Gasteiger partial charge is 0.497 e. The maximum absolute atomic E-state index is 12.7. The highest BCUT2D eigenvalue weighted by Gasteiger charge is 2.27. The summed E-state index contributed by atoms with van der Waals surface area (Å²) in [7, 11) is 0.720. The van der Waals surface area contributed by atoms with E-state index in [1.165, 1.54) is 12.1 Å². The Hall–Kier alpha value is -1.97. The number of benzene rings is 3. The minimum absolute atomic E-state index is 0.111. The normalized spacial score (nSPS) is 14.0. The molecular weight excluding hydrogens is 647 g/mol. The number of aryl methyl sites for hydroxylation is 2. The van der Waals surface area contributed by atoms with Crippen LogP contribution in [0.15, 0.2) is 66.2 Å². The maximum atomic E-state index is 12.7. The maximum Gasteiger partial charge on any atom is 0.529 e. The Morgan fingerprint density at radius 2 is 1.74 bits per heavy atom. The fourth-order valence-electron chi connectivity index (χ4n) is 3.88. The van der Waals surface area contributed by atoms with Crippen molar-refractivity contribution in [2.45, 2.75) is 18.9 Å². The van der Waals surface area contributed by atoms with Crippen molar-refractivity contribution in [2.75, 3.05) is 41.1 Å². The van der Waals surface area contributed by atoms with Gasteiger partial charge in [-0.2, -0.15) is 0 Å². The first-order valence-electron chi connectivity index (χ1n) is 12.7. The Morgan fingerprint density at radius 1 is 1.00 bits per heavy atom. The van der Waals surface area contributed by atoms with Crippen LogP contribution in [-0.2, 0) is 31.2 Å². The Kier molecular flexibility index (Phi) is 13.8. The highest BCUT2D eigenvalue weighted by Crippen LogP contribution is 2.49. The number of methoxy groups -OCH3 is 1. The van der Waals surface area contributed by atoms with Crippen LogP contribution >= 0.6 is 54.2 Å². The number of hydrogen-bond acceptors (Lipinski definition) is 7. The monoisotopic (exact) mass is 677 g/mol. The van der Waals surface area contributed by atoms with Crippen molar-refractivity contribution in [3.63, 3.8) is 0 Å². The summed E-state index contributed by atoms with van der Waals surface area (Å²) in [6.45, 7) is 0.0649. The number of nitrogens with zero attached hydrogens (tertiary/aromatic N) is 1. The van der Waals surface area contributed by atoms with Crippen LogP contribution in [0.1, 0.15) is 16.7 Å². The minimum Gasteiger partial charge on any atom is -0.497 e. The van der Waals surface area contributed by atoms with E-state index >= 15 is 0 Å². The number of phosphoric ester groups is 1. The molecule has 0 aliphatic rings. The SMILES string of the molecule is COc1cccc(CCc2ccccc2OC[C@@H](CN(C)C)OCOP(=O)(O)OC(=CCl)c2cc(Cl)c(Cl)cc2Cl)c1. The fourth-order valence-corrected chi connectivity index (χ4v) is 5.40. The second kappa shape index (κ2) is 16.8. The molecule has 0 spiro atoms. The van der Waals surface area contributed by atoms with Crippen LogP contribution in [0.25, 0.3) is 5.76 Å². The molecule has 0 saturated carbocycles. The number of rotatable bonds is 16. The number of phosphoric acid groups is 1. The van der Waals surface area contributed by atoms with Gasteiger partial charge in [-0.3, -0.25) is 4.89 Å². The standard InChI is InChI=1S/C29H32Cl4NO7P/c1-34(2)17-23(18-38-28-10-5-4-8-21(28)12-11-20-7-6-9-22(13-20)37-3)39-19-40-42(35,36)41-29(16-30)24-14-26(32)27(33)15-25(24)31/h4-10,13-16,23H,11-12,17-19H2,1-3H3,(H,35,36)/t23-/m1/s1. The zero-order valence-electron chi connectivity index (χ0n) is 23.3. The number of halogens is 4. The van der Waals surface area contributed by atoms with Gasteiger partial charge >= 0.3 is 7.82 Å². The van der Waals surface area contributed by atoms with Gasteiger partial charge in [-0.15, -0.1) is 0 Å². The average Bonchev–Trinajstić information content (AvgIpc) is 2.95. The first-order chi connectivity index (χ1) is 20.0. The summed E-state index contributed by atoms with van der Waals surface area (Å²) in [5.74, 6) is 1.30. The van der Waals surface area contributed by atoms with E-state index in [9.17, 15) is 9.46 Å². The van der Waals surface area contributed by atoms with Gasteiger partial charge < -0.3 is 23.6 Å². The summed E-state index contributed by atoms with van der Waals surface area (Å²) in [6.07, 6.45) is 1.07. The molecule has 0 aromatic heterocycles. The van der Waals surface area contributed by atoms with Crippen molar-refractivity contribution >= 4 is 60.0 Å². The van der Waals surface area contributed by atoms with E-state index < -0.39 is 20.7 Å². The first kappa shape index (κ1) is 34.5. The van der Waals surface area contributed by atoms with E-state index in [0.717, 1.165) is 41.0 Å². The Labute approximate surface area is 266 Å². The van der Waals surface area contributed by atoms with Crippen LogP contribution < -0.4 is 9.47 Å². The molecule has 2 atom stereocenters. The molecule has 228 valence electrons. The van der Waals surface area contributed by atoms with Crippen LogP contribution in [0.4, 0.5) is 0 Å². The third-order valence-corrected chi connectivity index (χ3v) is 7.98. The van der Waals surface area contributed by atoms with Gasteiger partial charge in [0.2, 0.25) is 0 Å². The molecule has 3 aromatic rings. The molecule has 1 unspecified atom stereocenters.